The molecule has 0 saturated heterocycles. The molecule has 3 N–H and O–H groups in total. The second-order valence-electron chi connectivity index (χ2n) is 5.27. The summed E-state index contributed by atoms with van der Waals surface area (Å²) in [4.78, 5) is 22.9. The standard InChI is InChI=1S/C15H28N2O4S/c1-2-3-4-5-6-7-10-16-15(22)17(11-8-13(18)19)12-9-14(20)21/h2-12H2,1H3,(H,16,22)(H,18,19)(H,20,21). The van der Waals surface area contributed by atoms with Crippen LogP contribution in [0.5, 0.6) is 0 Å². The molecule has 0 atom stereocenters. The molecule has 0 spiro atoms. The Hall–Kier alpha value is -1.37. The molecule has 6 nitrogen and oxygen atoms in total. The maximum Gasteiger partial charge on any atom is 0.305 e. The number of carboxylic acids is 2. The fourth-order valence-electron chi connectivity index (χ4n) is 1.99. The minimum Gasteiger partial charge on any atom is -0.481 e. The first kappa shape index (κ1) is 20.6. The third-order valence-corrected chi connectivity index (χ3v) is 3.69. The fourth-order valence-corrected chi connectivity index (χ4v) is 2.27. The molecule has 0 radical (unpaired) electrons. The van der Waals surface area contributed by atoms with E-state index in [0.717, 1.165) is 19.4 Å². The molecular weight excluding hydrogens is 304 g/mol. The van der Waals surface area contributed by atoms with Crippen molar-refractivity contribution in [2.45, 2.75) is 58.3 Å². The van der Waals surface area contributed by atoms with Crippen molar-refractivity contribution in [2.24, 2.45) is 0 Å². The number of unbranched alkanes of at least 4 members (excludes halogenated alkanes) is 5. The number of aliphatic carboxylic acids is 2. The van der Waals surface area contributed by atoms with Gasteiger partial charge in [-0.05, 0) is 18.6 Å². The number of thiocarbonyl (C=S) groups is 1. The summed E-state index contributed by atoms with van der Waals surface area (Å²) in [6.07, 6.45) is 7.00. The molecule has 0 rings (SSSR count). The number of nitrogens with one attached hydrogen (secondary N) is 1. The average molecular weight is 332 g/mol. The highest BCUT2D eigenvalue weighted by atomic mass is 32.1. The Balaban J connectivity index is 3.98. The third kappa shape index (κ3) is 12.4. The van der Waals surface area contributed by atoms with Crippen LogP contribution in [0.3, 0.4) is 0 Å². The number of hydrogen-bond donors (Lipinski definition) is 3. The van der Waals surface area contributed by atoms with Crippen molar-refractivity contribution in [3.8, 4) is 0 Å². The third-order valence-electron chi connectivity index (χ3n) is 3.28. The second kappa shape index (κ2) is 13.3. The summed E-state index contributed by atoms with van der Waals surface area (Å²) < 4.78 is 0. The summed E-state index contributed by atoms with van der Waals surface area (Å²) in [5.41, 5.74) is 0. The average Bonchev–Trinajstić information content (AvgIpc) is 2.45. The Morgan fingerprint density at radius 3 is 1.95 bits per heavy atom. The van der Waals surface area contributed by atoms with E-state index in [1.165, 1.54) is 25.7 Å². The van der Waals surface area contributed by atoms with Gasteiger partial charge in [0.15, 0.2) is 5.11 Å². The van der Waals surface area contributed by atoms with Crippen molar-refractivity contribution < 1.29 is 19.8 Å². The van der Waals surface area contributed by atoms with Gasteiger partial charge in [-0.25, -0.2) is 0 Å². The van der Waals surface area contributed by atoms with Gasteiger partial charge in [-0.15, -0.1) is 0 Å². The molecule has 128 valence electrons. The lowest BCUT2D eigenvalue weighted by Gasteiger charge is -2.24. The minimum atomic E-state index is -0.918. The molecular formula is C15H28N2O4S. The molecule has 0 aromatic carbocycles. The molecule has 0 amide bonds. The van der Waals surface area contributed by atoms with Crippen LogP contribution in [-0.2, 0) is 9.59 Å². The molecule has 0 aromatic rings. The SMILES string of the molecule is CCCCCCCCNC(=S)N(CCC(=O)O)CCC(=O)O. The highest BCUT2D eigenvalue weighted by molar-refractivity contribution is 7.80. The number of rotatable bonds is 13. The zero-order valence-electron chi connectivity index (χ0n) is 13.3. The van der Waals surface area contributed by atoms with Crippen LogP contribution in [0.25, 0.3) is 0 Å². The van der Waals surface area contributed by atoms with Gasteiger partial charge in [0.1, 0.15) is 0 Å². The highest BCUT2D eigenvalue weighted by Gasteiger charge is 2.12. The molecule has 0 fully saturated rings. The van der Waals surface area contributed by atoms with Crippen LogP contribution in [-0.4, -0.2) is 51.8 Å². The quantitative estimate of drug-likeness (QED) is 0.352. The van der Waals surface area contributed by atoms with E-state index in [4.69, 9.17) is 22.4 Å². The van der Waals surface area contributed by atoms with Gasteiger partial charge in [0.25, 0.3) is 0 Å². The van der Waals surface area contributed by atoms with Gasteiger partial charge in [-0.3, -0.25) is 9.59 Å². The Morgan fingerprint density at radius 2 is 1.45 bits per heavy atom. The van der Waals surface area contributed by atoms with Crippen LogP contribution in [0.4, 0.5) is 0 Å². The van der Waals surface area contributed by atoms with Crippen LogP contribution >= 0.6 is 12.2 Å². The van der Waals surface area contributed by atoms with E-state index in [-0.39, 0.29) is 25.9 Å². The van der Waals surface area contributed by atoms with Crippen molar-refractivity contribution in [1.29, 1.82) is 0 Å². The van der Waals surface area contributed by atoms with Crippen LogP contribution in [0.2, 0.25) is 0 Å². The normalized spacial score (nSPS) is 10.2. The fraction of sp³-hybridized carbons (Fsp3) is 0.800. The van der Waals surface area contributed by atoms with Crippen molar-refractivity contribution in [3.05, 3.63) is 0 Å². The Kier molecular flexibility index (Phi) is 12.5. The van der Waals surface area contributed by atoms with E-state index >= 15 is 0 Å². The topological polar surface area (TPSA) is 89.9 Å². The van der Waals surface area contributed by atoms with Crippen LogP contribution in [0.1, 0.15) is 58.3 Å². The molecule has 0 saturated carbocycles. The Morgan fingerprint density at radius 1 is 0.955 bits per heavy atom. The predicted molar refractivity (Wildman–Crippen MR) is 90.1 cm³/mol. The van der Waals surface area contributed by atoms with Gasteiger partial charge in [0.05, 0.1) is 12.8 Å². The van der Waals surface area contributed by atoms with E-state index in [2.05, 4.69) is 12.2 Å². The molecule has 0 aromatic heterocycles. The zero-order chi connectivity index (χ0) is 16.8. The molecule has 22 heavy (non-hydrogen) atoms. The summed E-state index contributed by atoms with van der Waals surface area (Å²) >= 11 is 5.23. The number of hydrogen-bond acceptors (Lipinski definition) is 3. The largest absolute Gasteiger partial charge is 0.481 e. The molecule has 0 heterocycles. The molecule has 0 aliphatic rings. The summed E-state index contributed by atoms with van der Waals surface area (Å²) in [5, 5.41) is 21.0. The van der Waals surface area contributed by atoms with Gasteiger partial charge in [0.2, 0.25) is 0 Å². The van der Waals surface area contributed by atoms with E-state index in [1.807, 2.05) is 0 Å². The molecule has 0 unspecified atom stereocenters. The van der Waals surface area contributed by atoms with Gasteiger partial charge in [-0.1, -0.05) is 39.0 Å². The molecule has 0 bridgehead atoms. The monoisotopic (exact) mass is 332 g/mol. The number of carboxylic acid groups (broad SMARTS) is 2. The molecule has 0 aliphatic heterocycles. The van der Waals surface area contributed by atoms with Crippen molar-refractivity contribution in [3.63, 3.8) is 0 Å². The van der Waals surface area contributed by atoms with E-state index in [9.17, 15) is 9.59 Å². The first-order valence-electron chi connectivity index (χ1n) is 7.93. The van der Waals surface area contributed by atoms with E-state index < -0.39 is 11.9 Å². The zero-order valence-corrected chi connectivity index (χ0v) is 14.2. The highest BCUT2D eigenvalue weighted by Crippen LogP contribution is 2.04. The van der Waals surface area contributed by atoms with Gasteiger partial charge < -0.3 is 20.4 Å². The summed E-state index contributed by atoms with van der Waals surface area (Å²) in [5.74, 6) is -1.84. The molecule has 0 aliphatic carbocycles. The predicted octanol–water partition coefficient (Wildman–Crippen LogP) is 2.47. The van der Waals surface area contributed by atoms with Crippen molar-refractivity contribution in [1.82, 2.24) is 10.2 Å². The van der Waals surface area contributed by atoms with Crippen LogP contribution in [0.15, 0.2) is 0 Å². The van der Waals surface area contributed by atoms with Crippen LogP contribution in [0, 0.1) is 0 Å². The van der Waals surface area contributed by atoms with Gasteiger partial charge in [0, 0.05) is 19.6 Å². The number of carbonyl (C=O) groups is 2. The Bertz CT molecular complexity index is 332. The lowest BCUT2D eigenvalue weighted by molar-refractivity contribution is -0.137. The molecule has 7 heteroatoms. The van der Waals surface area contributed by atoms with Crippen molar-refractivity contribution in [2.75, 3.05) is 19.6 Å². The first-order valence-corrected chi connectivity index (χ1v) is 8.34. The smallest absolute Gasteiger partial charge is 0.305 e. The lowest BCUT2D eigenvalue weighted by atomic mass is 10.1. The van der Waals surface area contributed by atoms with E-state index in [1.54, 1.807) is 4.90 Å². The maximum atomic E-state index is 10.6. The van der Waals surface area contributed by atoms with Crippen molar-refractivity contribution >= 4 is 29.3 Å². The lowest BCUT2D eigenvalue weighted by Crippen LogP contribution is -2.42. The summed E-state index contributed by atoms with van der Waals surface area (Å²) in [6, 6.07) is 0. The van der Waals surface area contributed by atoms with Gasteiger partial charge >= 0.3 is 11.9 Å². The minimum absolute atomic E-state index is 0.0571. The van der Waals surface area contributed by atoms with Gasteiger partial charge in [-0.2, -0.15) is 0 Å². The van der Waals surface area contributed by atoms with E-state index in [0.29, 0.717) is 5.11 Å². The summed E-state index contributed by atoms with van der Waals surface area (Å²) in [7, 11) is 0. The summed E-state index contributed by atoms with van der Waals surface area (Å²) in [6.45, 7) is 3.38. The maximum absolute atomic E-state index is 10.6. The number of nitrogens with zero attached hydrogens (tertiary/aromatic N) is 1. The first-order chi connectivity index (χ1) is 10.5. The second-order valence-corrected chi connectivity index (χ2v) is 5.66. The Labute approximate surface area is 137 Å². The van der Waals surface area contributed by atoms with Crippen LogP contribution < -0.4 is 5.32 Å².